The molecule has 0 unspecified atom stereocenters. The molecule has 1 aliphatic rings. The molecule has 0 spiro atoms. The van der Waals surface area contributed by atoms with Crippen LogP contribution in [0.3, 0.4) is 0 Å². The van der Waals surface area contributed by atoms with Gasteiger partial charge in [-0.3, -0.25) is 9.59 Å². The van der Waals surface area contributed by atoms with Crippen LogP contribution in [0.2, 0.25) is 0 Å². The molecule has 0 atom stereocenters. The largest absolute Gasteiger partial charge is 0.390 e. The molecule has 0 aromatic rings. The number of amides is 2. The monoisotopic (exact) mass is 281 g/mol. The summed E-state index contributed by atoms with van der Waals surface area (Å²) in [7, 11) is 0. The average Bonchev–Trinajstić information content (AvgIpc) is 3.13. The fraction of sp³-hybridized carbons (Fsp3) is 0.818. The molecule has 0 aromatic carbocycles. The van der Waals surface area contributed by atoms with Gasteiger partial charge in [0, 0.05) is 13.1 Å². The second-order valence-corrected chi connectivity index (χ2v) is 4.63. The van der Waals surface area contributed by atoms with Crippen LogP contribution in [-0.2, 0) is 9.59 Å². The highest BCUT2D eigenvalue weighted by Gasteiger charge is 2.31. The lowest BCUT2D eigenvalue weighted by Gasteiger charge is -2.23. The van der Waals surface area contributed by atoms with Crippen molar-refractivity contribution in [1.82, 2.24) is 10.2 Å². The normalized spacial score (nSPS) is 15.2. The van der Waals surface area contributed by atoms with Gasteiger partial charge in [-0.1, -0.05) is 0 Å². The molecule has 3 N–H and O–H groups in total. The molecule has 0 bridgehead atoms. The number of nitrogens with one attached hydrogen (secondary N) is 1. The van der Waals surface area contributed by atoms with Crippen LogP contribution in [0.25, 0.3) is 0 Å². The Morgan fingerprint density at radius 2 is 1.95 bits per heavy atom. The van der Waals surface area contributed by atoms with E-state index >= 15 is 0 Å². The molecule has 0 radical (unpaired) electrons. The molecular weight excluding hydrogens is 263 g/mol. The standard InChI is InChI=1S/C11H18F3N3O2/c12-11(13,14)3-4-17(7-8-1-2-8)10(19)6-16-9(18)5-15/h8H,1-7,15H2,(H,16,18). The lowest BCUT2D eigenvalue weighted by Crippen LogP contribution is -2.43. The van der Waals surface area contributed by atoms with Gasteiger partial charge in [0.25, 0.3) is 0 Å². The average molecular weight is 281 g/mol. The minimum Gasteiger partial charge on any atom is -0.346 e. The zero-order valence-corrected chi connectivity index (χ0v) is 10.5. The topological polar surface area (TPSA) is 75.4 Å². The number of carbonyl (C=O) groups is 2. The lowest BCUT2D eigenvalue weighted by molar-refractivity contribution is -0.145. The molecule has 0 aliphatic heterocycles. The van der Waals surface area contributed by atoms with Gasteiger partial charge in [0.15, 0.2) is 0 Å². The molecule has 2 amide bonds. The van der Waals surface area contributed by atoms with Crippen LogP contribution < -0.4 is 11.1 Å². The van der Waals surface area contributed by atoms with Crippen LogP contribution in [0.5, 0.6) is 0 Å². The van der Waals surface area contributed by atoms with E-state index in [-0.39, 0.29) is 19.6 Å². The Labute approximate surface area is 109 Å². The zero-order chi connectivity index (χ0) is 14.5. The highest BCUT2D eigenvalue weighted by atomic mass is 19.4. The van der Waals surface area contributed by atoms with E-state index in [0.717, 1.165) is 12.8 Å². The van der Waals surface area contributed by atoms with E-state index in [1.165, 1.54) is 4.90 Å². The Morgan fingerprint density at radius 1 is 1.32 bits per heavy atom. The Hall–Kier alpha value is -1.31. The maximum Gasteiger partial charge on any atom is 0.390 e. The summed E-state index contributed by atoms with van der Waals surface area (Å²) in [4.78, 5) is 23.8. The van der Waals surface area contributed by atoms with E-state index in [2.05, 4.69) is 5.32 Å². The first kappa shape index (κ1) is 15.7. The van der Waals surface area contributed by atoms with Gasteiger partial charge in [-0.15, -0.1) is 0 Å². The SMILES string of the molecule is NCC(=O)NCC(=O)N(CCC(F)(F)F)CC1CC1. The minimum atomic E-state index is -4.29. The number of hydrogen-bond acceptors (Lipinski definition) is 3. The van der Waals surface area contributed by atoms with Crippen LogP contribution >= 0.6 is 0 Å². The highest BCUT2D eigenvalue weighted by Crippen LogP contribution is 2.30. The number of nitrogens with two attached hydrogens (primary N) is 1. The molecule has 0 heterocycles. The van der Waals surface area contributed by atoms with Gasteiger partial charge in [-0.05, 0) is 18.8 Å². The van der Waals surface area contributed by atoms with Crippen molar-refractivity contribution in [2.24, 2.45) is 11.7 Å². The van der Waals surface area contributed by atoms with Gasteiger partial charge in [0.1, 0.15) is 0 Å². The first-order valence-corrected chi connectivity index (χ1v) is 6.13. The summed E-state index contributed by atoms with van der Waals surface area (Å²) < 4.78 is 36.5. The third kappa shape index (κ3) is 7.00. The van der Waals surface area contributed by atoms with E-state index in [0.29, 0.717) is 12.5 Å². The number of alkyl halides is 3. The number of nitrogens with zero attached hydrogens (tertiary/aromatic N) is 1. The number of rotatable bonds is 7. The van der Waals surface area contributed by atoms with Crippen molar-refractivity contribution < 1.29 is 22.8 Å². The molecule has 110 valence electrons. The fourth-order valence-corrected chi connectivity index (χ4v) is 1.55. The zero-order valence-electron chi connectivity index (χ0n) is 10.5. The van der Waals surface area contributed by atoms with Crippen molar-refractivity contribution in [3.63, 3.8) is 0 Å². The van der Waals surface area contributed by atoms with Crippen LogP contribution in [0, 0.1) is 5.92 Å². The summed E-state index contributed by atoms with van der Waals surface area (Å²) in [6.07, 6.45) is -3.45. The van der Waals surface area contributed by atoms with E-state index in [9.17, 15) is 22.8 Å². The molecule has 8 heteroatoms. The molecule has 1 saturated carbocycles. The van der Waals surface area contributed by atoms with Gasteiger partial charge in [-0.25, -0.2) is 0 Å². The number of carbonyl (C=O) groups excluding carboxylic acids is 2. The summed E-state index contributed by atoms with van der Waals surface area (Å²) in [5.41, 5.74) is 5.06. The maximum atomic E-state index is 12.2. The Bertz CT molecular complexity index is 330. The Morgan fingerprint density at radius 3 is 2.42 bits per heavy atom. The first-order valence-electron chi connectivity index (χ1n) is 6.13. The number of halogens is 3. The summed E-state index contributed by atoms with van der Waals surface area (Å²) in [5.74, 6) is -0.712. The third-order valence-corrected chi connectivity index (χ3v) is 2.82. The van der Waals surface area contributed by atoms with Crippen molar-refractivity contribution in [3.8, 4) is 0 Å². The predicted molar refractivity (Wildman–Crippen MR) is 62.0 cm³/mol. The second kappa shape index (κ2) is 6.74. The van der Waals surface area contributed by atoms with E-state index < -0.39 is 24.4 Å². The van der Waals surface area contributed by atoms with Crippen molar-refractivity contribution in [2.75, 3.05) is 26.2 Å². The molecule has 0 aromatic heterocycles. The molecule has 5 nitrogen and oxygen atoms in total. The predicted octanol–water partition coefficient (Wildman–Crippen LogP) is 0.252. The lowest BCUT2D eigenvalue weighted by atomic mass is 10.3. The van der Waals surface area contributed by atoms with Crippen molar-refractivity contribution >= 4 is 11.8 Å². The quantitative estimate of drug-likeness (QED) is 0.702. The molecular formula is C11H18F3N3O2. The molecule has 1 fully saturated rings. The Balaban J connectivity index is 2.42. The third-order valence-electron chi connectivity index (χ3n) is 2.82. The van der Waals surface area contributed by atoms with Crippen LogP contribution in [0.15, 0.2) is 0 Å². The van der Waals surface area contributed by atoms with E-state index in [1.807, 2.05) is 0 Å². The van der Waals surface area contributed by atoms with Crippen LogP contribution in [0.1, 0.15) is 19.3 Å². The van der Waals surface area contributed by atoms with E-state index in [1.54, 1.807) is 0 Å². The summed E-state index contributed by atoms with van der Waals surface area (Å²) >= 11 is 0. The minimum absolute atomic E-state index is 0.252. The smallest absolute Gasteiger partial charge is 0.346 e. The van der Waals surface area contributed by atoms with Crippen molar-refractivity contribution in [2.45, 2.75) is 25.4 Å². The van der Waals surface area contributed by atoms with Crippen LogP contribution in [-0.4, -0.2) is 49.1 Å². The molecule has 1 rings (SSSR count). The molecule has 0 saturated heterocycles. The van der Waals surface area contributed by atoms with Gasteiger partial charge in [-0.2, -0.15) is 13.2 Å². The summed E-state index contributed by atoms with van der Waals surface area (Å²) in [6, 6.07) is 0. The van der Waals surface area contributed by atoms with E-state index in [4.69, 9.17) is 5.73 Å². The maximum absolute atomic E-state index is 12.2. The van der Waals surface area contributed by atoms with Crippen molar-refractivity contribution in [3.05, 3.63) is 0 Å². The fourth-order valence-electron chi connectivity index (χ4n) is 1.55. The van der Waals surface area contributed by atoms with Crippen molar-refractivity contribution in [1.29, 1.82) is 0 Å². The van der Waals surface area contributed by atoms with Gasteiger partial charge < -0.3 is 16.0 Å². The molecule has 19 heavy (non-hydrogen) atoms. The molecule has 1 aliphatic carbocycles. The Kier molecular flexibility index (Phi) is 5.59. The second-order valence-electron chi connectivity index (χ2n) is 4.63. The summed E-state index contributed by atoms with van der Waals surface area (Å²) in [6.45, 7) is -0.593. The van der Waals surface area contributed by atoms with Gasteiger partial charge in [0.05, 0.1) is 19.5 Å². The van der Waals surface area contributed by atoms with Crippen LogP contribution in [0.4, 0.5) is 13.2 Å². The highest BCUT2D eigenvalue weighted by molar-refractivity contribution is 5.85. The van der Waals surface area contributed by atoms with Gasteiger partial charge >= 0.3 is 6.18 Å². The first-order chi connectivity index (χ1) is 8.81. The summed E-state index contributed by atoms with van der Waals surface area (Å²) in [5, 5.41) is 2.27. The van der Waals surface area contributed by atoms with Gasteiger partial charge in [0.2, 0.25) is 11.8 Å². The number of hydrogen-bond donors (Lipinski definition) is 2.